The third-order valence-corrected chi connectivity index (χ3v) is 10.7. The van der Waals surface area contributed by atoms with Crippen LogP contribution in [-0.4, -0.2) is 107 Å². The average Bonchev–Trinajstić information content (AvgIpc) is 3.33. The van der Waals surface area contributed by atoms with E-state index in [9.17, 15) is 55.7 Å². The third kappa shape index (κ3) is 15.5. The van der Waals surface area contributed by atoms with Crippen molar-refractivity contribution >= 4 is 85.7 Å². The molecule has 380 valence electrons. The topological polar surface area (TPSA) is 316 Å². The molecule has 0 aliphatic rings. The lowest BCUT2D eigenvalue weighted by atomic mass is 10.1. The fourth-order valence-electron chi connectivity index (χ4n) is 5.45. The molecule has 4 aromatic carbocycles. The Balaban J connectivity index is 0.000000244. The predicted molar refractivity (Wildman–Crippen MR) is 245 cm³/mol. The van der Waals surface area contributed by atoms with E-state index < -0.39 is 91.5 Å². The van der Waals surface area contributed by atoms with Gasteiger partial charge in [0.25, 0.3) is 15.7 Å². The minimum Gasteiger partial charge on any atom is -0.480 e. The molecule has 0 atom stereocenters. The van der Waals surface area contributed by atoms with E-state index >= 15 is 0 Å². The Labute approximate surface area is 414 Å². The van der Waals surface area contributed by atoms with Gasteiger partial charge in [-0.2, -0.15) is 28.1 Å². The number of aromatic nitrogens is 4. The number of nitro benzene ring substituents is 1. The fraction of sp³-hybridized carbons (Fsp3) is 0.186. The first kappa shape index (κ1) is 56.2. The number of ether oxygens (including phenoxy) is 5. The van der Waals surface area contributed by atoms with Crippen LogP contribution < -0.4 is 23.8 Å². The van der Waals surface area contributed by atoms with E-state index in [1.54, 1.807) is 42.1 Å². The number of pyridine rings is 1. The van der Waals surface area contributed by atoms with E-state index in [0.717, 1.165) is 52.8 Å². The van der Waals surface area contributed by atoms with Gasteiger partial charge in [-0.15, -0.1) is 0 Å². The summed E-state index contributed by atoms with van der Waals surface area (Å²) in [5, 5.41) is 29.7. The molecule has 0 saturated carbocycles. The maximum atomic E-state index is 12.7. The summed E-state index contributed by atoms with van der Waals surface area (Å²) in [6, 6.07) is 16.0. The van der Waals surface area contributed by atoms with Crippen LogP contribution in [0.1, 0.15) is 39.0 Å². The predicted octanol–water partition coefficient (Wildman–Crippen LogP) is 7.55. The second-order valence-electron chi connectivity index (χ2n) is 13.6. The lowest BCUT2D eigenvalue weighted by Gasteiger charge is -2.17. The third-order valence-electron chi connectivity index (χ3n) is 8.66. The minimum atomic E-state index is -4.61. The number of hydrogen-bond acceptors (Lipinski definition) is 18. The molecule has 72 heavy (non-hydrogen) atoms. The van der Waals surface area contributed by atoms with E-state index in [2.05, 4.69) is 24.7 Å². The number of rotatable bonds is 15. The van der Waals surface area contributed by atoms with Crippen molar-refractivity contribution in [1.82, 2.24) is 24.7 Å². The number of carbonyl (C=O) groups excluding carboxylic acids is 3. The molecular weight excluding hydrogens is 1030 g/mol. The number of methoxy groups -OCH3 is 1. The Morgan fingerprint density at radius 2 is 1.56 bits per heavy atom. The van der Waals surface area contributed by atoms with E-state index in [1.807, 2.05) is 0 Å². The van der Waals surface area contributed by atoms with E-state index in [4.69, 9.17) is 52.4 Å². The molecule has 2 amide bonds. The van der Waals surface area contributed by atoms with Crippen molar-refractivity contribution < 1.29 is 84.4 Å². The molecule has 0 unspecified atom stereocenters. The molecule has 0 radical (unpaired) electrons. The molecule has 6 rings (SSSR count). The standard InChI is InChI=1S/C18H13ClF3NO7.C14H15N5O6S.C11H8ClNO3/c1-2-28-16(24)9-29-17(25)12-8-11(4-5-14(12)23(26)27)30-15-6-3-10(7-13(15)19)18(20,21)22;1-8-15-12(17-13(16-8)25-3)19(2)14(22)18-26(23,24)10-7-5-4-6-9(10)11(20)21;12-8-3-4-9(16-6-10(14)15)11-7(8)2-1-5-13-11/h3-8H,2,9H2,1H3;4-7H,1-3H3,(H,18,22)(H,20,21);1-5H,6H2,(H,14,15). The molecular formula is C43H36Cl2F3N7O16S. The molecule has 2 aromatic heterocycles. The fourth-order valence-corrected chi connectivity index (χ4v) is 7.07. The van der Waals surface area contributed by atoms with Gasteiger partial charge in [0.15, 0.2) is 13.2 Å². The van der Waals surface area contributed by atoms with E-state index in [1.165, 1.54) is 33.2 Å². The highest BCUT2D eigenvalue weighted by Crippen LogP contribution is 2.37. The molecule has 0 spiro atoms. The van der Waals surface area contributed by atoms with Crippen molar-refractivity contribution in [2.24, 2.45) is 0 Å². The first-order valence-electron chi connectivity index (χ1n) is 19.8. The highest BCUT2D eigenvalue weighted by Gasteiger charge is 2.32. The van der Waals surface area contributed by atoms with Gasteiger partial charge in [-0.1, -0.05) is 35.3 Å². The summed E-state index contributed by atoms with van der Waals surface area (Å²) in [6.07, 6.45) is -3.00. The number of amides is 2. The number of carboxylic acids is 2. The van der Waals surface area contributed by atoms with Crippen LogP contribution in [-0.2, 0) is 35.3 Å². The van der Waals surface area contributed by atoms with Crippen LogP contribution in [0.25, 0.3) is 10.9 Å². The Kier molecular flexibility index (Phi) is 19.4. The number of esters is 2. The van der Waals surface area contributed by atoms with Gasteiger partial charge < -0.3 is 33.9 Å². The number of sulfonamides is 1. The number of carbonyl (C=O) groups is 5. The van der Waals surface area contributed by atoms with Gasteiger partial charge in [0.1, 0.15) is 39.0 Å². The number of aromatic carboxylic acids is 1. The first-order chi connectivity index (χ1) is 33.9. The summed E-state index contributed by atoms with van der Waals surface area (Å²) >= 11 is 11.8. The molecule has 0 aliphatic carbocycles. The quantitative estimate of drug-likeness (QED) is 0.0507. The number of aryl methyl sites for hydroxylation is 1. The SMILES string of the molecule is CCOC(=O)COC(=O)c1cc(Oc2ccc(C(F)(F)F)cc2Cl)ccc1[N+](=O)[O-].COc1nc(C)nc(N(C)C(=O)NS(=O)(=O)c2ccccc2C(=O)O)n1.O=C(O)COc1ccc(Cl)c2cccnc12. The molecule has 2 heterocycles. The highest BCUT2D eigenvalue weighted by molar-refractivity contribution is 7.90. The number of anilines is 1. The number of urea groups is 1. The zero-order chi connectivity index (χ0) is 53.5. The molecule has 0 saturated heterocycles. The molecule has 6 aromatic rings. The Hall–Kier alpha value is -8.43. The Morgan fingerprint density at radius 3 is 2.18 bits per heavy atom. The summed E-state index contributed by atoms with van der Waals surface area (Å²) in [5.74, 6) is -4.30. The minimum absolute atomic E-state index is 0.0493. The molecule has 3 N–H and O–H groups in total. The number of benzene rings is 4. The van der Waals surface area contributed by atoms with Gasteiger partial charge in [-0.25, -0.2) is 37.1 Å². The van der Waals surface area contributed by atoms with Gasteiger partial charge in [0.05, 0.1) is 39.8 Å². The number of carboxylic acid groups (broad SMARTS) is 2. The van der Waals surface area contributed by atoms with Gasteiger partial charge >= 0.3 is 42.1 Å². The number of aliphatic carboxylic acids is 1. The maximum Gasteiger partial charge on any atom is 0.416 e. The smallest absolute Gasteiger partial charge is 0.416 e. The van der Waals surface area contributed by atoms with Crippen LogP contribution in [0.3, 0.4) is 0 Å². The Bertz CT molecular complexity index is 3130. The maximum absolute atomic E-state index is 12.7. The number of hydrogen-bond donors (Lipinski definition) is 3. The van der Waals surface area contributed by atoms with Gasteiger partial charge in [-0.3, -0.25) is 20.0 Å². The lowest BCUT2D eigenvalue weighted by Crippen LogP contribution is -2.42. The van der Waals surface area contributed by atoms with Crippen molar-refractivity contribution in [3.05, 3.63) is 134 Å². The van der Waals surface area contributed by atoms with Crippen LogP contribution in [0.4, 0.5) is 29.6 Å². The first-order valence-corrected chi connectivity index (χ1v) is 22.0. The normalized spacial score (nSPS) is 10.8. The molecule has 29 heteroatoms. The number of fused-ring (bicyclic) bond motifs is 1. The summed E-state index contributed by atoms with van der Waals surface area (Å²) in [6.45, 7) is 1.97. The summed E-state index contributed by atoms with van der Waals surface area (Å²) in [5.41, 5.74) is -2.06. The second kappa shape index (κ2) is 24.9. The molecule has 23 nitrogen and oxygen atoms in total. The molecule has 0 aliphatic heterocycles. The zero-order valence-corrected chi connectivity index (χ0v) is 39.7. The molecule has 0 fully saturated rings. The van der Waals surface area contributed by atoms with Crippen LogP contribution in [0.5, 0.6) is 23.3 Å². The van der Waals surface area contributed by atoms with Gasteiger partial charge in [0, 0.05) is 30.8 Å². The Morgan fingerprint density at radius 1 is 0.861 bits per heavy atom. The van der Waals surface area contributed by atoms with Crippen molar-refractivity contribution in [3.63, 3.8) is 0 Å². The number of nitro groups is 1. The van der Waals surface area contributed by atoms with Crippen LogP contribution in [0, 0.1) is 17.0 Å². The van der Waals surface area contributed by atoms with E-state index in [0.29, 0.717) is 22.4 Å². The van der Waals surface area contributed by atoms with Gasteiger partial charge in [0.2, 0.25) is 5.95 Å². The molecule has 0 bridgehead atoms. The van der Waals surface area contributed by atoms with Crippen molar-refractivity contribution in [2.45, 2.75) is 24.9 Å². The van der Waals surface area contributed by atoms with Crippen LogP contribution in [0.15, 0.2) is 96.0 Å². The summed E-state index contributed by atoms with van der Waals surface area (Å²) < 4.78 is 89.3. The highest BCUT2D eigenvalue weighted by atomic mass is 35.5. The van der Waals surface area contributed by atoms with Crippen molar-refractivity contribution in [2.75, 3.05) is 38.9 Å². The number of nitrogens with zero attached hydrogens (tertiary/aromatic N) is 6. The number of alkyl halides is 3. The monoisotopic (exact) mass is 1070 g/mol. The number of nitrogens with one attached hydrogen (secondary N) is 1. The lowest BCUT2D eigenvalue weighted by molar-refractivity contribution is -0.385. The largest absolute Gasteiger partial charge is 0.480 e. The van der Waals surface area contributed by atoms with Crippen LogP contribution in [0.2, 0.25) is 10.0 Å². The van der Waals surface area contributed by atoms with Crippen LogP contribution >= 0.6 is 23.2 Å². The van der Waals surface area contributed by atoms with Gasteiger partial charge in [-0.05, 0) is 74.5 Å². The van der Waals surface area contributed by atoms with E-state index in [-0.39, 0.29) is 40.9 Å². The second-order valence-corrected chi connectivity index (χ2v) is 16.1. The summed E-state index contributed by atoms with van der Waals surface area (Å²) in [4.78, 5) is 83.7. The van der Waals surface area contributed by atoms with Crippen molar-refractivity contribution in [1.29, 1.82) is 0 Å². The zero-order valence-electron chi connectivity index (χ0n) is 37.4. The van der Waals surface area contributed by atoms with Crippen molar-refractivity contribution in [3.8, 4) is 23.3 Å². The summed E-state index contributed by atoms with van der Waals surface area (Å²) in [7, 11) is -1.87. The number of halogens is 5. The average molecular weight is 1070 g/mol.